The summed E-state index contributed by atoms with van der Waals surface area (Å²) < 4.78 is 5.31. The van der Waals surface area contributed by atoms with Gasteiger partial charge in [0.25, 0.3) is 0 Å². The number of ketones is 1. The second-order valence-corrected chi connectivity index (χ2v) is 3.39. The van der Waals surface area contributed by atoms with Gasteiger partial charge in [0.1, 0.15) is 5.75 Å². The molecule has 0 aliphatic rings. The van der Waals surface area contributed by atoms with Gasteiger partial charge in [0.05, 0.1) is 6.61 Å². The zero-order valence-corrected chi connectivity index (χ0v) is 9.07. The second-order valence-electron chi connectivity index (χ2n) is 3.39. The highest BCUT2D eigenvalue weighted by Crippen LogP contribution is 2.15. The van der Waals surface area contributed by atoms with Gasteiger partial charge in [-0.1, -0.05) is 0 Å². The average molecular weight is 215 g/mol. The van der Waals surface area contributed by atoms with Crippen LogP contribution in [0.2, 0.25) is 0 Å². The summed E-state index contributed by atoms with van der Waals surface area (Å²) in [4.78, 5) is 14.8. The van der Waals surface area contributed by atoms with Crippen LogP contribution in [0.15, 0.2) is 42.7 Å². The first-order valence-corrected chi connectivity index (χ1v) is 5.21. The largest absolute Gasteiger partial charge is 0.494 e. The number of aromatic nitrogens is 1. The number of rotatable bonds is 4. The van der Waals surface area contributed by atoms with E-state index in [2.05, 4.69) is 4.98 Å². The fourth-order valence-corrected chi connectivity index (χ4v) is 1.50. The summed E-state index contributed by atoms with van der Waals surface area (Å²) >= 11 is 0. The Bertz CT molecular complexity index is 457. The summed E-state index contributed by atoms with van der Waals surface area (Å²) in [6.07, 6.45) is 3.43. The quantitative estimate of drug-likeness (QED) is 0.796. The highest BCUT2D eigenvalue weighted by molar-refractivity contribution is 6.08. The molecular weight excluding hydrogens is 202 g/mol. The monoisotopic (exact) mass is 215 g/mol. The number of hydrogen-bond acceptors (Lipinski definition) is 2. The van der Waals surface area contributed by atoms with Crippen LogP contribution in [0.3, 0.4) is 0 Å². The molecule has 2 rings (SSSR count). The third-order valence-electron chi connectivity index (χ3n) is 2.29. The Balaban J connectivity index is 2.19. The van der Waals surface area contributed by atoms with E-state index in [4.69, 9.17) is 4.74 Å². The van der Waals surface area contributed by atoms with Crippen LogP contribution in [0.5, 0.6) is 5.75 Å². The Morgan fingerprint density at radius 3 is 2.50 bits per heavy atom. The third-order valence-corrected chi connectivity index (χ3v) is 2.29. The Morgan fingerprint density at radius 1 is 1.19 bits per heavy atom. The van der Waals surface area contributed by atoms with E-state index in [-0.39, 0.29) is 5.78 Å². The SMILES string of the molecule is CCOc1ccc(C(=O)c2cc[nH]c2)cc1. The number of nitrogens with one attached hydrogen (secondary N) is 1. The highest BCUT2D eigenvalue weighted by atomic mass is 16.5. The maximum atomic E-state index is 11.9. The van der Waals surface area contributed by atoms with E-state index in [1.807, 2.05) is 19.1 Å². The number of aromatic amines is 1. The van der Waals surface area contributed by atoms with Crippen molar-refractivity contribution in [2.75, 3.05) is 6.61 Å². The van der Waals surface area contributed by atoms with Crippen molar-refractivity contribution in [3.8, 4) is 5.75 Å². The van der Waals surface area contributed by atoms with E-state index in [1.54, 1.807) is 30.6 Å². The van der Waals surface area contributed by atoms with Crippen LogP contribution in [0.25, 0.3) is 0 Å². The molecule has 16 heavy (non-hydrogen) atoms. The van der Waals surface area contributed by atoms with E-state index in [0.717, 1.165) is 5.75 Å². The molecule has 0 atom stereocenters. The molecule has 1 aromatic heterocycles. The Hall–Kier alpha value is -2.03. The lowest BCUT2D eigenvalue weighted by Crippen LogP contribution is -1.99. The van der Waals surface area contributed by atoms with Crippen LogP contribution in [-0.2, 0) is 0 Å². The van der Waals surface area contributed by atoms with Gasteiger partial charge in [-0.3, -0.25) is 4.79 Å². The van der Waals surface area contributed by atoms with Gasteiger partial charge in [-0.15, -0.1) is 0 Å². The number of ether oxygens (including phenoxy) is 1. The third kappa shape index (κ3) is 2.14. The van der Waals surface area contributed by atoms with Crippen molar-refractivity contribution >= 4 is 5.78 Å². The van der Waals surface area contributed by atoms with Crippen molar-refractivity contribution in [1.29, 1.82) is 0 Å². The summed E-state index contributed by atoms with van der Waals surface area (Å²) in [5.41, 5.74) is 1.34. The van der Waals surface area contributed by atoms with Crippen molar-refractivity contribution in [2.24, 2.45) is 0 Å². The van der Waals surface area contributed by atoms with Gasteiger partial charge >= 0.3 is 0 Å². The van der Waals surface area contributed by atoms with Gasteiger partial charge < -0.3 is 9.72 Å². The van der Waals surface area contributed by atoms with Crippen LogP contribution in [0, 0.1) is 0 Å². The molecule has 0 spiro atoms. The van der Waals surface area contributed by atoms with Crippen LogP contribution in [0.1, 0.15) is 22.8 Å². The molecule has 1 heterocycles. The predicted octanol–water partition coefficient (Wildman–Crippen LogP) is 2.64. The van der Waals surface area contributed by atoms with Crippen LogP contribution in [0.4, 0.5) is 0 Å². The van der Waals surface area contributed by atoms with E-state index in [9.17, 15) is 4.79 Å². The molecule has 0 aliphatic carbocycles. The van der Waals surface area contributed by atoms with Gasteiger partial charge in [0, 0.05) is 23.5 Å². The second kappa shape index (κ2) is 4.66. The van der Waals surface area contributed by atoms with Crippen LogP contribution >= 0.6 is 0 Å². The van der Waals surface area contributed by atoms with Crippen molar-refractivity contribution in [1.82, 2.24) is 4.98 Å². The molecule has 82 valence electrons. The first-order chi connectivity index (χ1) is 7.81. The number of carbonyl (C=O) groups is 1. The molecule has 0 fully saturated rings. The molecule has 3 nitrogen and oxygen atoms in total. The maximum absolute atomic E-state index is 11.9. The van der Waals surface area contributed by atoms with Crippen LogP contribution in [-0.4, -0.2) is 17.4 Å². The van der Waals surface area contributed by atoms with Gasteiger partial charge in [-0.05, 0) is 37.3 Å². The van der Waals surface area contributed by atoms with E-state index >= 15 is 0 Å². The topological polar surface area (TPSA) is 42.1 Å². The molecule has 1 aromatic carbocycles. The van der Waals surface area contributed by atoms with E-state index in [0.29, 0.717) is 17.7 Å². The molecule has 3 heteroatoms. The minimum atomic E-state index is 0.0179. The molecular formula is C13H13NO2. The first kappa shape index (κ1) is 10.5. The molecule has 0 aliphatic heterocycles. The lowest BCUT2D eigenvalue weighted by molar-refractivity contribution is 0.103. The minimum Gasteiger partial charge on any atom is -0.494 e. The van der Waals surface area contributed by atoms with Crippen LogP contribution < -0.4 is 4.74 Å². The first-order valence-electron chi connectivity index (χ1n) is 5.21. The predicted molar refractivity (Wildman–Crippen MR) is 61.8 cm³/mol. The lowest BCUT2D eigenvalue weighted by Gasteiger charge is -2.03. The number of hydrogen-bond donors (Lipinski definition) is 1. The van der Waals surface area contributed by atoms with Crippen molar-refractivity contribution < 1.29 is 9.53 Å². The molecule has 0 saturated heterocycles. The van der Waals surface area contributed by atoms with E-state index < -0.39 is 0 Å². The standard InChI is InChI=1S/C13H13NO2/c1-2-16-12-5-3-10(4-6-12)13(15)11-7-8-14-9-11/h3-9,14H,2H2,1H3. The highest BCUT2D eigenvalue weighted by Gasteiger charge is 2.08. The van der Waals surface area contributed by atoms with Gasteiger partial charge in [-0.2, -0.15) is 0 Å². The van der Waals surface area contributed by atoms with Crippen molar-refractivity contribution in [3.05, 3.63) is 53.9 Å². The summed E-state index contributed by atoms with van der Waals surface area (Å²) in [6.45, 7) is 2.56. The van der Waals surface area contributed by atoms with Gasteiger partial charge in [0.2, 0.25) is 0 Å². The zero-order valence-electron chi connectivity index (χ0n) is 9.07. The zero-order chi connectivity index (χ0) is 11.4. The lowest BCUT2D eigenvalue weighted by atomic mass is 10.1. The van der Waals surface area contributed by atoms with Gasteiger partial charge in [0.15, 0.2) is 5.78 Å². The Labute approximate surface area is 94.1 Å². The molecule has 0 saturated carbocycles. The van der Waals surface area contributed by atoms with E-state index in [1.165, 1.54) is 0 Å². The summed E-state index contributed by atoms with van der Waals surface area (Å²) in [7, 11) is 0. The summed E-state index contributed by atoms with van der Waals surface area (Å²) in [5, 5.41) is 0. The smallest absolute Gasteiger partial charge is 0.194 e. The Kier molecular flexibility index (Phi) is 3.05. The summed E-state index contributed by atoms with van der Waals surface area (Å²) in [6, 6.07) is 8.94. The minimum absolute atomic E-state index is 0.0179. The fraction of sp³-hybridized carbons (Fsp3) is 0.154. The summed E-state index contributed by atoms with van der Waals surface area (Å²) in [5.74, 6) is 0.803. The Morgan fingerprint density at radius 2 is 1.94 bits per heavy atom. The molecule has 0 bridgehead atoms. The molecule has 2 aromatic rings. The van der Waals surface area contributed by atoms with Gasteiger partial charge in [-0.25, -0.2) is 0 Å². The fourth-order valence-electron chi connectivity index (χ4n) is 1.50. The maximum Gasteiger partial charge on any atom is 0.194 e. The number of benzene rings is 1. The normalized spacial score (nSPS) is 10.1. The average Bonchev–Trinajstić information content (AvgIpc) is 2.83. The number of carbonyl (C=O) groups excluding carboxylic acids is 1. The molecule has 1 N–H and O–H groups in total. The molecule has 0 amide bonds. The molecule has 0 radical (unpaired) electrons. The molecule has 0 unspecified atom stereocenters. The van der Waals surface area contributed by atoms with Crippen molar-refractivity contribution in [2.45, 2.75) is 6.92 Å². The van der Waals surface area contributed by atoms with Crippen molar-refractivity contribution in [3.63, 3.8) is 0 Å². The number of H-pyrrole nitrogens is 1.